The molecule has 0 atom stereocenters. The zero-order valence-electron chi connectivity index (χ0n) is 9.85. The van der Waals surface area contributed by atoms with Gasteiger partial charge in [-0.3, -0.25) is 0 Å². The summed E-state index contributed by atoms with van der Waals surface area (Å²) in [5.74, 6) is 0. The molecule has 98 valence electrons. The molecule has 0 saturated heterocycles. The van der Waals surface area contributed by atoms with E-state index in [1.54, 1.807) is 18.2 Å². The lowest BCUT2D eigenvalue weighted by atomic mass is 10.1. The van der Waals surface area contributed by atoms with Crippen molar-refractivity contribution in [3.63, 3.8) is 0 Å². The number of nitrogen functional groups attached to an aromatic ring is 1. The summed E-state index contributed by atoms with van der Waals surface area (Å²) < 4.78 is 39.2. The maximum Gasteiger partial charge on any atom is 0.433 e. The third kappa shape index (κ3) is 3.13. The lowest BCUT2D eigenvalue weighted by molar-refractivity contribution is -0.0579. The molecule has 0 aliphatic heterocycles. The molecule has 19 heavy (non-hydrogen) atoms. The van der Waals surface area contributed by atoms with Crippen molar-refractivity contribution >= 4 is 17.1 Å². The first-order valence-corrected chi connectivity index (χ1v) is 5.54. The Labute approximate surface area is 108 Å². The van der Waals surface area contributed by atoms with Gasteiger partial charge in [-0.05, 0) is 12.1 Å². The predicted molar refractivity (Wildman–Crippen MR) is 69.5 cm³/mol. The van der Waals surface area contributed by atoms with Gasteiger partial charge in [0.1, 0.15) is 0 Å². The second-order valence-electron chi connectivity index (χ2n) is 3.88. The molecule has 2 nitrogen and oxygen atoms in total. The van der Waals surface area contributed by atoms with E-state index < -0.39 is 11.9 Å². The minimum atomic E-state index is -4.54. The molecule has 0 unspecified atom stereocenters. The Morgan fingerprint density at radius 1 is 0.895 bits per heavy atom. The van der Waals surface area contributed by atoms with Crippen LogP contribution in [0.1, 0.15) is 5.56 Å². The monoisotopic (exact) mass is 264 g/mol. The average Bonchev–Trinajstić information content (AvgIpc) is 2.37. The lowest BCUT2D eigenvalue weighted by Crippen LogP contribution is -2.23. The van der Waals surface area contributed by atoms with Crippen LogP contribution in [-0.2, 0) is 0 Å². The van der Waals surface area contributed by atoms with Crippen LogP contribution in [0.4, 0.5) is 24.5 Å². The van der Waals surface area contributed by atoms with Gasteiger partial charge in [0.15, 0.2) is 5.71 Å². The number of halogens is 3. The quantitative estimate of drug-likeness (QED) is 0.647. The van der Waals surface area contributed by atoms with E-state index in [0.29, 0.717) is 0 Å². The highest BCUT2D eigenvalue weighted by Crippen LogP contribution is 2.28. The highest BCUT2D eigenvalue weighted by molar-refractivity contribution is 6.06. The van der Waals surface area contributed by atoms with Gasteiger partial charge in [0, 0.05) is 5.56 Å². The molecule has 2 aromatic rings. The van der Waals surface area contributed by atoms with Crippen molar-refractivity contribution < 1.29 is 13.2 Å². The van der Waals surface area contributed by atoms with Crippen molar-refractivity contribution in [3.8, 4) is 0 Å². The van der Waals surface area contributed by atoms with Gasteiger partial charge in [-0.2, -0.15) is 13.2 Å². The molecule has 0 radical (unpaired) electrons. The van der Waals surface area contributed by atoms with Crippen LogP contribution in [0.15, 0.2) is 59.6 Å². The Morgan fingerprint density at radius 2 is 1.47 bits per heavy atom. The maximum atomic E-state index is 13.1. The summed E-state index contributed by atoms with van der Waals surface area (Å²) in [5.41, 5.74) is 4.99. The largest absolute Gasteiger partial charge is 0.433 e. The van der Waals surface area contributed by atoms with Crippen LogP contribution in [0, 0.1) is 0 Å². The van der Waals surface area contributed by atoms with Crippen molar-refractivity contribution in [2.45, 2.75) is 6.18 Å². The molecule has 0 heterocycles. The summed E-state index contributed by atoms with van der Waals surface area (Å²) >= 11 is 0. The number of aliphatic imine (C=N–C) groups is 1. The van der Waals surface area contributed by atoms with E-state index >= 15 is 0 Å². The Bertz CT molecular complexity index is 589. The van der Waals surface area contributed by atoms with E-state index in [4.69, 9.17) is 5.73 Å². The molecule has 0 saturated carbocycles. The summed E-state index contributed by atoms with van der Waals surface area (Å²) in [6, 6.07) is 13.6. The minimum Gasteiger partial charge on any atom is -0.397 e. The molecule has 5 heteroatoms. The number of alkyl halides is 3. The van der Waals surface area contributed by atoms with Crippen molar-refractivity contribution in [1.82, 2.24) is 0 Å². The number of anilines is 1. The zero-order chi connectivity index (χ0) is 13.9. The van der Waals surface area contributed by atoms with Crippen LogP contribution in [0.3, 0.4) is 0 Å². The standard InChI is InChI=1S/C14H11F3N2/c15-14(16,17)13(10-6-2-1-3-7-10)19-12-9-5-4-8-11(12)18/h1-9H,18H2. The minimum absolute atomic E-state index is 0.0123. The van der Waals surface area contributed by atoms with Gasteiger partial charge in [0.05, 0.1) is 11.4 Å². The Hall–Kier alpha value is -2.30. The number of nitrogens with zero attached hydrogens (tertiary/aromatic N) is 1. The average molecular weight is 264 g/mol. The van der Waals surface area contributed by atoms with Gasteiger partial charge in [0.25, 0.3) is 0 Å². The fourth-order valence-corrected chi connectivity index (χ4v) is 1.60. The van der Waals surface area contributed by atoms with Crippen LogP contribution in [0.2, 0.25) is 0 Å². The van der Waals surface area contributed by atoms with Crippen LogP contribution < -0.4 is 5.73 Å². The molecule has 0 aliphatic carbocycles. The van der Waals surface area contributed by atoms with Crippen LogP contribution >= 0.6 is 0 Å². The number of hydrogen-bond acceptors (Lipinski definition) is 2. The molecule has 2 aromatic carbocycles. The van der Waals surface area contributed by atoms with Gasteiger partial charge in [-0.1, -0.05) is 42.5 Å². The van der Waals surface area contributed by atoms with Crippen LogP contribution in [0.5, 0.6) is 0 Å². The van der Waals surface area contributed by atoms with Crippen molar-refractivity contribution in [1.29, 1.82) is 0 Å². The molecule has 2 N–H and O–H groups in total. The first-order chi connectivity index (χ1) is 8.98. The highest BCUT2D eigenvalue weighted by Gasteiger charge is 2.36. The molecular formula is C14H11F3N2. The van der Waals surface area contributed by atoms with E-state index in [-0.39, 0.29) is 16.9 Å². The summed E-state index contributed by atoms with van der Waals surface area (Å²) in [4.78, 5) is 3.67. The molecule has 0 amide bonds. The number of nitrogens with two attached hydrogens (primary N) is 1. The smallest absolute Gasteiger partial charge is 0.397 e. The second-order valence-corrected chi connectivity index (χ2v) is 3.88. The fourth-order valence-electron chi connectivity index (χ4n) is 1.60. The molecule has 0 spiro atoms. The van der Waals surface area contributed by atoms with E-state index in [2.05, 4.69) is 4.99 Å². The van der Waals surface area contributed by atoms with Crippen LogP contribution in [-0.4, -0.2) is 11.9 Å². The van der Waals surface area contributed by atoms with E-state index in [9.17, 15) is 13.2 Å². The Kier molecular flexibility index (Phi) is 3.55. The van der Waals surface area contributed by atoms with Crippen molar-refractivity contribution in [3.05, 3.63) is 60.2 Å². The fraction of sp³-hybridized carbons (Fsp3) is 0.0714. The van der Waals surface area contributed by atoms with Crippen LogP contribution in [0.25, 0.3) is 0 Å². The van der Waals surface area contributed by atoms with E-state index in [1.807, 2.05) is 0 Å². The molecule has 0 fully saturated rings. The molecule has 0 aromatic heterocycles. The second kappa shape index (κ2) is 5.14. The number of hydrogen-bond donors (Lipinski definition) is 1. The molecule has 0 bridgehead atoms. The Morgan fingerprint density at radius 3 is 2.05 bits per heavy atom. The predicted octanol–water partition coefficient (Wildman–Crippen LogP) is 3.95. The Balaban J connectivity index is 2.55. The van der Waals surface area contributed by atoms with Gasteiger partial charge in [-0.25, -0.2) is 4.99 Å². The van der Waals surface area contributed by atoms with Gasteiger partial charge in [-0.15, -0.1) is 0 Å². The normalized spacial score (nSPS) is 12.5. The summed E-state index contributed by atoms with van der Waals surface area (Å²) in [6.07, 6.45) is -4.54. The topological polar surface area (TPSA) is 38.4 Å². The number of benzene rings is 2. The van der Waals surface area contributed by atoms with Gasteiger partial charge >= 0.3 is 6.18 Å². The van der Waals surface area contributed by atoms with E-state index in [1.165, 1.54) is 36.4 Å². The molecule has 2 rings (SSSR count). The first-order valence-electron chi connectivity index (χ1n) is 5.54. The van der Waals surface area contributed by atoms with Gasteiger partial charge < -0.3 is 5.73 Å². The third-order valence-electron chi connectivity index (χ3n) is 2.48. The number of para-hydroxylation sites is 2. The van der Waals surface area contributed by atoms with Crippen molar-refractivity contribution in [2.75, 3.05) is 5.73 Å². The zero-order valence-corrected chi connectivity index (χ0v) is 9.85. The van der Waals surface area contributed by atoms with Gasteiger partial charge in [0.2, 0.25) is 0 Å². The van der Waals surface area contributed by atoms with Crippen molar-refractivity contribution in [2.24, 2.45) is 4.99 Å². The SMILES string of the molecule is Nc1ccccc1N=C(c1ccccc1)C(F)(F)F. The lowest BCUT2D eigenvalue weighted by Gasteiger charge is -2.11. The number of rotatable bonds is 2. The molecular weight excluding hydrogens is 253 g/mol. The van der Waals surface area contributed by atoms with E-state index in [0.717, 1.165) is 0 Å². The molecule has 0 aliphatic rings. The summed E-state index contributed by atoms with van der Waals surface area (Å²) in [5, 5.41) is 0. The summed E-state index contributed by atoms with van der Waals surface area (Å²) in [7, 11) is 0. The summed E-state index contributed by atoms with van der Waals surface area (Å²) in [6.45, 7) is 0. The maximum absolute atomic E-state index is 13.1. The third-order valence-corrected chi connectivity index (χ3v) is 2.48. The first kappa shape index (κ1) is 13.1. The highest BCUT2D eigenvalue weighted by atomic mass is 19.4.